The third kappa shape index (κ3) is 1.55. The van der Waals surface area contributed by atoms with Crippen LogP contribution in [0.5, 0.6) is 0 Å². The third-order valence-corrected chi connectivity index (χ3v) is 1.66. The van der Waals surface area contributed by atoms with Crippen LogP contribution in [0.15, 0.2) is 17.1 Å². The van der Waals surface area contributed by atoms with Crippen molar-refractivity contribution < 1.29 is 4.39 Å². The molecule has 66 valence electrons. The van der Waals surface area contributed by atoms with E-state index in [1.165, 1.54) is 12.3 Å². The van der Waals surface area contributed by atoms with Gasteiger partial charge in [0.2, 0.25) is 0 Å². The van der Waals surface area contributed by atoms with Gasteiger partial charge in [-0.15, -0.1) is 0 Å². The van der Waals surface area contributed by atoms with E-state index in [2.05, 4.69) is 4.98 Å². The fraction of sp³-hybridized carbons (Fsp3) is 0.444. The summed E-state index contributed by atoms with van der Waals surface area (Å²) in [6.07, 6.45) is 1.31. The average molecular weight is 169 g/mol. The van der Waals surface area contributed by atoms with Crippen LogP contribution in [0.25, 0.3) is 0 Å². The van der Waals surface area contributed by atoms with Crippen LogP contribution in [0.2, 0.25) is 0 Å². The molecule has 1 heterocycles. The van der Waals surface area contributed by atoms with Gasteiger partial charge in [-0.25, -0.2) is 4.39 Å². The van der Waals surface area contributed by atoms with E-state index in [1.807, 2.05) is 0 Å². The number of nitrogens with one attached hydrogen (secondary N) is 1. The smallest absolute Gasteiger partial charge is 0.254 e. The molecule has 0 atom stereocenters. The largest absolute Gasteiger partial charge is 0.329 e. The Morgan fingerprint density at radius 3 is 2.33 bits per heavy atom. The lowest BCUT2D eigenvalue weighted by atomic mass is 9.88. The minimum absolute atomic E-state index is 0.213. The summed E-state index contributed by atoms with van der Waals surface area (Å²) < 4.78 is 13.1. The molecule has 0 aliphatic heterocycles. The van der Waals surface area contributed by atoms with Crippen molar-refractivity contribution >= 4 is 0 Å². The predicted octanol–water partition coefficient (Wildman–Crippen LogP) is 1.81. The lowest BCUT2D eigenvalue weighted by Gasteiger charge is -2.17. The summed E-state index contributed by atoms with van der Waals surface area (Å²) in [6, 6.07) is 1.27. The van der Waals surface area contributed by atoms with Crippen LogP contribution in [0, 0.1) is 5.82 Å². The summed E-state index contributed by atoms with van der Waals surface area (Å²) in [7, 11) is 0. The number of H-pyrrole nitrogens is 1. The number of hydrogen-bond donors (Lipinski definition) is 1. The molecule has 0 unspecified atom stereocenters. The normalized spacial score (nSPS) is 11.7. The van der Waals surface area contributed by atoms with Crippen LogP contribution in [0.3, 0.4) is 0 Å². The van der Waals surface area contributed by atoms with Crippen molar-refractivity contribution in [3.8, 4) is 0 Å². The summed E-state index contributed by atoms with van der Waals surface area (Å²) in [6.45, 7) is 5.42. The van der Waals surface area contributed by atoms with Crippen LogP contribution in [0.1, 0.15) is 26.3 Å². The van der Waals surface area contributed by atoms with E-state index < -0.39 is 11.2 Å². The second-order valence-electron chi connectivity index (χ2n) is 3.78. The first kappa shape index (κ1) is 8.97. The zero-order chi connectivity index (χ0) is 9.35. The molecule has 0 fully saturated rings. The van der Waals surface area contributed by atoms with Gasteiger partial charge in [-0.3, -0.25) is 4.79 Å². The topological polar surface area (TPSA) is 32.9 Å². The number of aromatic amines is 1. The number of hydrogen-bond acceptors (Lipinski definition) is 1. The van der Waals surface area contributed by atoms with Gasteiger partial charge in [0.25, 0.3) is 5.56 Å². The van der Waals surface area contributed by atoms with E-state index in [4.69, 9.17) is 0 Å². The van der Waals surface area contributed by atoms with E-state index in [0.717, 1.165) is 0 Å². The van der Waals surface area contributed by atoms with Gasteiger partial charge >= 0.3 is 0 Å². The van der Waals surface area contributed by atoms with Gasteiger partial charge < -0.3 is 4.98 Å². The summed E-state index contributed by atoms with van der Waals surface area (Å²) >= 11 is 0. The second kappa shape index (κ2) is 2.73. The highest BCUT2D eigenvalue weighted by Gasteiger charge is 2.21. The molecular formula is C9H12FNO. The Bertz CT molecular complexity index is 335. The minimum Gasteiger partial charge on any atom is -0.329 e. The Balaban J connectivity index is 3.42. The zero-order valence-corrected chi connectivity index (χ0v) is 7.44. The van der Waals surface area contributed by atoms with Gasteiger partial charge in [0, 0.05) is 6.20 Å². The van der Waals surface area contributed by atoms with E-state index in [9.17, 15) is 9.18 Å². The summed E-state index contributed by atoms with van der Waals surface area (Å²) in [5.41, 5.74) is -0.577. The molecule has 12 heavy (non-hydrogen) atoms. The standard InChI is InChI=1S/C9H12FNO/c1-9(2,3)7-6(10)4-5-11-8(7)12/h4-5H,1-3H3,(H,11,12). The van der Waals surface area contributed by atoms with Crippen molar-refractivity contribution in [1.29, 1.82) is 0 Å². The zero-order valence-electron chi connectivity index (χ0n) is 7.44. The molecule has 0 amide bonds. The first-order valence-corrected chi connectivity index (χ1v) is 3.80. The van der Waals surface area contributed by atoms with Gasteiger partial charge in [0.15, 0.2) is 0 Å². The molecule has 0 aromatic carbocycles. The monoisotopic (exact) mass is 169 g/mol. The molecule has 1 aromatic rings. The predicted molar refractivity (Wildman–Crippen MR) is 45.7 cm³/mol. The number of pyridine rings is 1. The lowest BCUT2D eigenvalue weighted by Crippen LogP contribution is -2.26. The van der Waals surface area contributed by atoms with Crippen LogP contribution in [0.4, 0.5) is 4.39 Å². The average Bonchev–Trinajstić information content (AvgIpc) is 1.82. The van der Waals surface area contributed by atoms with Crippen molar-refractivity contribution in [3.05, 3.63) is 34.0 Å². The minimum atomic E-state index is -0.446. The molecule has 2 nitrogen and oxygen atoms in total. The van der Waals surface area contributed by atoms with E-state index in [1.54, 1.807) is 20.8 Å². The SMILES string of the molecule is CC(C)(C)c1c(F)cc[nH]c1=O. The van der Waals surface area contributed by atoms with E-state index in [-0.39, 0.29) is 11.1 Å². The first-order valence-electron chi connectivity index (χ1n) is 3.80. The third-order valence-electron chi connectivity index (χ3n) is 1.66. The molecule has 0 bridgehead atoms. The highest BCUT2D eigenvalue weighted by Crippen LogP contribution is 2.20. The second-order valence-corrected chi connectivity index (χ2v) is 3.78. The molecule has 1 N–H and O–H groups in total. The summed E-state index contributed by atoms with van der Waals surface area (Å²) in [4.78, 5) is 13.6. The summed E-state index contributed by atoms with van der Waals surface area (Å²) in [5, 5.41) is 0. The molecule has 0 aliphatic carbocycles. The van der Waals surface area contributed by atoms with E-state index in [0.29, 0.717) is 0 Å². The van der Waals surface area contributed by atoms with Crippen LogP contribution in [-0.2, 0) is 5.41 Å². The molecule has 0 saturated carbocycles. The van der Waals surface area contributed by atoms with Crippen LogP contribution in [-0.4, -0.2) is 4.98 Å². The number of rotatable bonds is 0. The van der Waals surface area contributed by atoms with Crippen molar-refractivity contribution in [2.24, 2.45) is 0 Å². The first-order chi connectivity index (χ1) is 5.43. The molecule has 1 aromatic heterocycles. The molecule has 3 heteroatoms. The molecule has 0 saturated heterocycles. The quantitative estimate of drug-likeness (QED) is 0.631. The Morgan fingerprint density at radius 2 is 2.00 bits per heavy atom. The fourth-order valence-corrected chi connectivity index (χ4v) is 1.15. The van der Waals surface area contributed by atoms with E-state index >= 15 is 0 Å². The van der Waals surface area contributed by atoms with Crippen LogP contribution >= 0.6 is 0 Å². The lowest BCUT2D eigenvalue weighted by molar-refractivity contribution is 0.514. The van der Waals surface area contributed by atoms with Crippen LogP contribution < -0.4 is 5.56 Å². The molecule has 1 rings (SSSR count). The Hall–Kier alpha value is -1.12. The highest BCUT2D eigenvalue weighted by molar-refractivity contribution is 5.20. The Labute approximate surface area is 70.4 Å². The van der Waals surface area contributed by atoms with Gasteiger partial charge in [0.05, 0.1) is 5.56 Å². The van der Waals surface area contributed by atoms with Gasteiger partial charge in [-0.2, -0.15) is 0 Å². The van der Waals surface area contributed by atoms with Gasteiger partial charge in [-0.1, -0.05) is 20.8 Å². The summed E-state index contributed by atoms with van der Waals surface area (Å²) in [5.74, 6) is -0.439. The number of aromatic nitrogens is 1. The maximum Gasteiger partial charge on any atom is 0.254 e. The van der Waals surface area contributed by atoms with Gasteiger partial charge in [0.1, 0.15) is 5.82 Å². The van der Waals surface area contributed by atoms with Crippen molar-refractivity contribution in [2.45, 2.75) is 26.2 Å². The van der Waals surface area contributed by atoms with Crippen molar-refractivity contribution in [1.82, 2.24) is 4.98 Å². The van der Waals surface area contributed by atoms with Gasteiger partial charge in [-0.05, 0) is 11.5 Å². The Kier molecular flexibility index (Phi) is 2.04. The molecular weight excluding hydrogens is 157 g/mol. The maximum absolute atomic E-state index is 13.1. The van der Waals surface area contributed by atoms with Crippen molar-refractivity contribution in [3.63, 3.8) is 0 Å². The highest BCUT2D eigenvalue weighted by atomic mass is 19.1. The Morgan fingerprint density at radius 1 is 1.42 bits per heavy atom. The molecule has 0 radical (unpaired) electrons. The fourth-order valence-electron chi connectivity index (χ4n) is 1.15. The maximum atomic E-state index is 13.1. The molecule has 0 spiro atoms. The molecule has 0 aliphatic rings. The number of halogens is 1. The van der Waals surface area contributed by atoms with Crippen molar-refractivity contribution in [2.75, 3.05) is 0 Å².